The van der Waals surface area contributed by atoms with Gasteiger partial charge in [-0.15, -0.1) is 0 Å². The molecule has 0 radical (unpaired) electrons. The SMILES string of the molecule is COC(=O)C1CCN([C@@H]2CCC[C@@H]2O)C1. The largest absolute Gasteiger partial charge is 0.469 e. The standard InChI is InChI=1S/C11H19NO3/c1-15-11(14)8-5-6-12(7-8)9-3-2-4-10(9)13/h8-10,13H,2-7H2,1H3/t8?,9-,10+/m1/s1. The third-order valence-corrected chi connectivity index (χ3v) is 3.67. The Balaban J connectivity index is 1.89. The van der Waals surface area contributed by atoms with Gasteiger partial charge in [0.05, 0.1) is 19.1 Å². The van der Waals surface area contributed by atoms with Crippen LogP contribution in [0.5, 0.6) is 0 Å². The molecule has 86 valence electrons. The summed E-state index contributed by atoms with van der Waals surface area (Å²) in [4.78, 5) is 13.6. The highest BCUT2D eigenvalue weighted by atomic mass is 16.5. The quantitative estimate of drug-likeness (QED) is 0.674. The van der Waals surface area contributed by atoms with Crippen molar-refractivity contribution in [2.75, 3.05) is 20.2 Å². The summed E-state index contributed by atoms with van der Waals surface area (Å²) in [7, 11) is 1.44. The fourth-order valence-corrected chi connectivity index (χ4v) is 2.79. The molecule has 0 aromatic carbocycles. The Morgan fingerprint density at radius 2 is 2.20 bits per heavy atom. The molecule has 1 aliphatic carbocycles. The predicted octanol–water partition coefficient (Wildman–Crippen LogP) is 0.395. The van der Waals surface area contributed by atoms with Gasteiger partial charge in [-0.05, 0) is 32.2 Å². The van der Waals surface area contributed by atoms with Gasteiger partial charge in [-0.2, -0.15) is 0 Å². The predicted molar refractivity (Wildman–Crippen MR) is 55.3 cm³/mol. The van der Waals surface area contributed by atoms with Gasteiger partial charge in [0.1, 0.15) is 0 Å². The van der Waals surface area contributed by atoms with E-state index < -0.39 is 0 Å². The summed E-state index contributed by atoms with van der Waals surface area (Å²) in [5.74, 6) is -0.0900. The van der Waals surface area contributed by atoms with Crippen LogP contribution in [0, 0.1) is 5.92 Å². The zero-order valence-corrected chi connectivity index (χ0v) is 9.19. The van der Waals surface area contributed by atoms with Gasteiger partial charge < -0.3 is 9.84 Å². The number of methoxy groups -OCH3 is 1. The molecular formula is C11H19NO3. The summed E-state index contributed by atoms with van der Waals surface area (Å²) < 4.78 is 4.74. The maximum atomic E-state index is 11.3. The van der Waals surface area contributed by atoms with Gasteiger partial charge in [0.2, 0.25) is 0 Å². The Morgan fingerprint density at radius 3 is 2.80 bits per heavy atom. The number of hydrogen-bond donors (Lipinski definition) is 1. The van der Waals surface area contributed by atoms with Gasteiger partial charge in [-0.1, -0.05) is 0 Å². The second kappa shape index (κ2) is 4.49. The minimum Gasteiger partial charge on any atom is -0.469 e. The fourth-order valence-electron chi connectivity index (χ4n) is 2.79. The number of likely N-dealkylation sites (tertiary alicyclic amines) is 1. The first-order chi connectivity index (χ1) is 7.22. The zero-order chi connectivity index (χ0) is 10.8. The van der Waals surface area contributed by atoms with Crippen LogP contribution in [-0.2, 0) is 9.53 Å². The Kier molecular flexibility index (Phi) is 3.26. The Morgan fingerprint density at radius 1 is 1.40 bits per heavy atom. The summed E-state index contributed by atoms with van der Waals surface area (Å²) in [6.45, 7) is 1.68. The molecule has 1 heterocycles. The molecule has 1 aliphatic heterocycles. The first kappa shape index (κ1) is 10.9. The third-order valence-electron chi connectivity index (χ3n) is 3.67. The molecule has 15 heavy (non-hydrogen) atoms. The van der Waals surface area contributed by atoms with Crippen molar-refractivity contribution in [1.82, 2.24) is 4.90 Å². The highest BCUT2D eigenvalue weighted by molar-refractivity contribution is 5.72. The van der Waals surface area contributed by atoms with E-state index in [-0.39, 0.29) is 24.0 Å². The Labute approximate surface area is 90.2 Å². The molecule has 2 rings (SSSR count). The number of aliphatic hydroxyl groups is 1. The van der Waals surface area contributed by atoms with Crippen LogP contribution in [0.3, 0.4) is 0 Å². The Bertz CT molecular complexity index is 244. The van der Waals surface area contributed by atoms with Gasteiger partial charge in [-0.3, -0.25) is 9.69 Å². The number of aliphatic hydroxyl groups excluding tert-OH is 1. The Hall–Kier alpha value is -0.610. The van der Waals surface area contributed by atoms with Crippen molar-refractivity contribution < 1.29 is 14.6 Å². The van der Waals surface area contributed by atoms with Crippen molar-refractivity contribution in [2.24, 2.45) is 5.92 Å². The number of hydrogen-bond acceptors (Lipinski definition) is 4. The van der Waals surface area contributed by atoms with Gasteiger partial charge in [-0.25, -0.2) is 0 Å². The summed E-state index contributed by atoms with van der Waals surface area (Å²) in [6, 6.07) is 0.277. The third kappa shape index (κ3) is 2.16. The molecule has 1 saturated heterocycles. The van der Waals surface area contributed by atoms with Crippen LogP contribution in [0.2, 0.25) is 0 Å². The zero-order valence-electron chi connectivity index (χ0n) is 9.19. The number of nitrogens with zero attached hydrogens (tertiary/aromatic N) is 1. The van der Waals surface area contributed by atoms with Gasteiger partial charge in [0.15, 0.2) is 0 Å². The molecule has 0 aromatic rings. The highest BCUT2D eigenvalue weighted by Gasteiger charge is 2.37. The van der Waals surface area contributed by atoms with E-state index in [1.807, 2.05) is 0 Å². The molecule has 3 atom stereocenters. The maximum Gasteiger partial charge on any atom is 0.310 e. The molecule has 1 unspecified atom stereocenters. The van der Waals surface area contributed by atoms with Crippen LogP contribution in [0.1, 0.15) is 25.7 Å². The summed E-state index contributed by atoms with van der Waals surface area (Å²) in [6.07, 6.45) is 3.75. The van der Waals surface area contributed by atoms with Crippen LogP contribution < -0.4 is 0 Å². The molecule has 1 N–H and O–H groups in total. The van der Waals surface area contributed by atoms with E-state index in [1.165, 1.54) is 7.11 Å². The van der Waals surface area contributed by atoms with Gasteiger partial charge in [0, 0.05) is 12.6 Å². The topological polar surface area (TPSA) is 49.8 Å². The van der Waals surface area contributed by atoms with Crippen molar-refractivity contribution in [3.8, 4) is 0 Å². The smallest absolute Gasteiger partial charge is 0.310 e. The fraction of sp³-hybridized carbons (Fsp3) is 0.909. The first-order valence-corrected chi connectivity index (χ1v) is 5.72. The van der Waals surface area contributed by atoms with Crippen LogP contribution >= 0.6 is 0 Å². The minimum atomic E-state index is -0.193. The normalized spacial score (nSPS) is 37.1. The number of carbonyl (C=O) groups is 1. The molecule has 4 heteroatoms. The molecule has 2 fully saturated rings. The van der Waals surface area contributed by atoms with Crippen molar-refractivity contribution in [3.63, 3.8) is 0 Å². The number of rotatable bonds is 2. The van der Waals surface area contributed by atoms with Crippen LogP contribution in [0.4, 0.5) is 0 Å². The maximum absolute atomic E-state index is 11.3. The van der Waals surface area contributed by atoms with Crippen molar-refractivity contribution in [1.29, 1.82) is 0 Å². The van der Waals surface area contributed by atoms with E-state index >= 15 is 0 Å². The second-order valence-electron chi connectivity index (χ2n) is 4.57. The van der Waals surface area contributed by atoms with Crippen molar-refractivity contribution >= 4 is 5.97 Å². The van der Waals surface area contributed by atoms with Crippen LogP contribution in [-0.4, -0.2) is 48.3 Å². The second-order valence-corrected chi connectivity index (χ2v) is 4.57. The van der Waals surface area contributed by atoms with Gasteiger partial charge >= 0.3 is 5.97 Å². The lowest BCUT2D eigenvalue weighted by Gasteiger charge is -2.26. The molecule has 0 bridgehead atoms. The van der Waals surface area contributed by atoms with E-state index in [1.54, 1.807) is 0 Å². The average molecular weight is 213 g/mol. The van der Waals surface area contributed by atoms with E-state index in [9.17, 15) is 9.90 Å². The lowest BCUT2D eigenvalue weighted by atomic mass is 10.1. The first-order valence-electron chi connectivity index (χ1n) is 5.72. The number of ether oxygens (including phenoxy) is 1. The van der Waals surface area contributed by atoms with E-state index in [0.717, 1.165) is 38.8 Å². The molecule has 0 amide bonds. The summed E-state index contributed by atoms with van der Waals surface area (Å²) in [5, 5.41) is 9.77. The average Bonchev–Trinajstić information content (AvgIpc) is 2.84. The summed E-state index contributed by atoms with van der Waals surface area (Å²) >= 11 is 0. The monoisotopic (exact) mass is 213 g/mol. The van der Waals surface area contributed by atoms with E-state index in [4.69, 9.17) is 4.74 Å². The van der Waals surface area contributed by atoms with E-state index in [2.05, 4.69) is 4.90 Å². The van der Waals surface area contributed by atoms with Crippen molar-refractivity contribution in [2.45, 2.75) is 37.8 Å². The lowest BCUT2D eigenvalue weighted by molar-refractivity contribution is -0.145. The molecule has 0 spiro atoms. The molecule has 0 aromatic heterocycles. The highest BCUT2D eigenvalue weighted by Crippen LogP contribution is 2.29. The molecule has 4 nitrogen and oxygen atoms in total. The molecular weight excluding hydrogens is 194 g/mol. The lowest BCUT2D eigenvalue weighted by Crippen LogP contribution is -2.39. The number of esters is 1. The van der Waals surface area contributed by atoms with E-state index in [0.29, 0.717) is 0 Å². The van der Waals surface area contributed by atoms with Gasteiger partial charge in [0.25, 0.3) is 0 Å². The van der Waals surface area contributed by atoms with Crippen molar-refractivity contribution in [3.05, 3.63) is 0 Å². The van der Waals surface area contributed by atoms with Crippen LogP contribution in [0.15, 0.2) is 0 Å². The molecule has 1 saturated carbocycles. The van der Waals surface area contributed by atoms with Crippen LogP contribution in [0.25, 0.3) is 0 Å². The summed E-state index contributed by atoms with van der Waals surface area (Å²) in [5.41, 5.74) is 0. The molecule has 2 aliphatic rings. The number of carbonyl (C=O) groups excluding carboxylic acids is 1. The minimum absolute atomic E-state index is 0.0165.